The molecule has 0 aromatic heterocycles. The number of hydrogen-bond acceptors (Lipinski definition) is 4. The standard InChI is InChI=1S/C22H26BrClN2O4/c1-26(11-18(27)25-17-5-3-2-4-16(17)24)19(28)12-30-20(29)21-7-14-6-15(8-21)10-22(23,9-14)13-21/h2-5,14-15H,6-13H2,1H3,(H,25,27). The fourth-order valence-electron chi connectivity index (χ4n) is 5.84. The number of anilines is 1. The molecular weight excluding hydrogens is 472 g/mol. The number of nitrogens with zero attached hydrogens (tertiary/aromatic N) is 1. The zero-order valence-electron chi connectivity index (χ0n) is 17.0. The van der Waals surface area contributed by atoms with Crippen LogP contribution < -0.4 is 5.32 Å². The van der Waals surface area contributed by atoms with E-state index in [0.29, 0.717) is 22.5 Å². The number of benzene rings is 1. The minimum Gasteiger partial charge on any atom is -0.455 e. The Morgan fingerprint density at radius 3 is 2.50 bits per heavy atom. The maximum Gasteiger partial charge on any atom is 0.312 e. The highest BCUT2D eigenvalue weighted by molar-refractivity contribution is 9.10. The smallest absolute Gasteiger partial charge is 0.312 e. The van der Waals surface area contributed by atoms with Crippen LogP contribution >= 0.6 is 27.5 Å². The molecule has 0 radical (unpaired) electrons. The van der Waals surface area contributed by atoms with E-state index in [1.807, 2.05) is 0 Å². The van der Waals surface area contributed by atoms with E-state index in [-0.39, 0.29) is 29.4 Å². The molecular formula is C22H26BrClN2O4. The molecule has 4 aliphatic rings. The first-order valence-corrected chi connectivity index (χ1v) is 11.5. The predicted octanol–water partition coefficient (Wildman–Crippen LogP) is 4.01. The van der Waals surface area contributed by atoms with Crippen LogP contribution in [0.25, 0.3) is 0 Å². The van der Waals surface area contributed by atoms with E-state index in [0.717, 1.165) is 32.1 Å². The van der Waals surface area contributed by atoms with Gasteiger partial charge >= 0.3 is 5.97 Å². The average molecular weight is 498 g/mol. The van der Waals surface area contributed by atoms with Crippen molar-refractivity contribution in [2.75, 3.05) is 25.5 Å². The lowest BCUT2D eigenvalue weighted by molar-refractivity contribution is -0.172. The fraction of sp³-hybridized carbons (Fsp3) is 0.591. The van der Waals surface area contributed by atoms with Gasteiger partial charge in [-0.3, -0.25) is 14.4 Å². The number of carbonyl (C=O) groups excluding carboxylic acids is 3. The first kappa shape index (κ1) is 21.6. The number of para-hydroxylation sites is 1. The van der Waals surface area contributed by atoms with Crippen molar-refractivity contribution in [3.63, 3.8) is 0 Å². The molecule has 4 saturated carbocycles. The molecule has 0 aliphatic heterocycles. The van der Waals surface area contributed by atoms with Gasteiger partial charge in [0.1, 0.15) is 0 Å². The summed E-state index contributed by atoms with van der Waals surface area (Å²) < 4.78 is 5.52. The second-order valence-corrected chi connectivity index (χ2v) is 11.3. The maximum absolute atomic E-state index is 13.0. The van der Waals surface area contributed by atoms with Crippen molar-refractivity contribution in [3.05, 3.63) is 29.3 Å². The molecule has 5 rings (SSSR count). The van der Waals surface area contributed by atoms with Crippen molar-refractivity contribution in [2.24, 2.45) is 17.3 Å². The van der Waals surface area contributed by atoms with Gasteiger partial charge in [-0.1, -0.05) is 39.7 Å². The molecule has 2 unspecified atom stereocenters. The molecule has 1 aromatic carbocycles. The number of hydrogen-bond donors (Lipinski definition) is 1. The van der Waals surface area contributed by atoms with Crippen molar-refractivity contribution in [2.45, 2.75) is 42.8 Å². The quantitative estimate of drug-likeness (QED) is 0.476. The van der Waals surface area contributed by atoms with Crippen molar-refractivity contribution < 1.29 is 19.1 Å². The second kappa shape index (κ2) is 8.15. The summed E-state index contributed by atoms with van der Waals surface area (Å²) in [6, 6.07) is 6.89. The Labute approximate surface area is 189 Å². The molecule has 8 heteroatoms. The summed E-state index contributed by atoms with van der Waals surface area (Å²) in [5, 5.41) is 3.10. The summed E-state index contributed by atoms with van der Waals surface area (Å²) in [5.41, 5.74) is 0.0235. The van der Waals surface area contributed by atoms with Crippen molar-refractivity contribution >= 4 is 51.0 Å². The molecule has 0 saturated heterocycles. The van der Waals surface area contributed by atoms with Gasteiger partial charge in [-0.05, 0) is 62.5 Å². The van der Waals surface area contributed by atoms with E-state index in [4.69, 9.17) is 16.3 Å². The molecule has 0 heterocycles. The number of likely N-dealkylation sites (N-methyl/N-ethyl adjacent to an activating group) is 1. The van der Waals surface area contributed by atoms with Gasteiger partial charge in [-0.25, -0.2) is 0 Å². The minimum atomic E-state index is -0.464. The van der Waals surface area contributed by atoms with Gasteiger partial charge in [0.15, 0.2) is 6.61 Å². The molecule has 4 aliphatic carbocycles. The molecule has 2 atom stereocenters. The molecule has 0 spiro atoms. The lowest BCUT2D eigenvalue weighted by Gasteiger charge is -2.58. The first-order chi connectivity index (χ1) is 14.2. The third-order valence-corrected chi connectivity index (χ3v) is 7.96. The molecule has 2 amide bonds. The zero-order valence-corrected chi connectivity index (χ0v) is 19.3. The van der Waals surface area contributed by atoms with Crippen LogP contribution in [0.1, 0.15) is 38.5 Å². The van der Waals surface area contributed by atoms with Gasteiger partial charge in [-0.2, -0.15) is 0 Å². The van der Waals surface area contributed by atoms with Crippen LogP contribution in [0.15, 0.2) is 24.3 Å². The van der Waals surface area contributed by atoms with Gasteiger partial charge in [-0.15, -0.1) is 0 Å². The summed E-state index contributed by atoms with van der Waals surface area (Å²) in [4.78, 5) is 38.8. The van der Waals surface area contributed by atoms with Crippen LogP contribution in [-0.4, -0.2) is 47.2 Å². The molecule has 4 fully saturated rings. The number of carbonyl (C=O) groups is 3. The summed E-state index contributed by atoms with van der Waals surface area (Å²) >= 11 is 9.92. The summed E-state index contributed by atoms with van der Waals surface area (Å²) in [6.45, 7) is -0.498. The van der Waals surface area contributed by atoms with Crippen LogP contribution in [0.5, 0.6) is 0 Å². The van der Waals surface area contributed by atoms with E-state index < -0.39 is 11.3 Å². The Morgan fingerprint density at radius 2 is 1.87 bits per heavy atom. The van der Waals surface area contributed by atoms with Crippen molar-refractivity contribution in [1.29, 1.82) is 0 Å². The Morgan fingerprint density at radius 1 is 1.20 bits per heavy atom. The highest BCUT2D eigenvalue weighted by atomic mass is 79.9. The monoisotopic (exact) mass is 496 g/mol. The molecule has 30 heavy (non-hydrogen) atoms. The average Bonchev–Trinajstić information content (AvgIpc) is 2.65. The lowest BCUT2D eigenvalue weighted by Crippen LogP contribution is -2.56. The Hall–Kier alpha value is -1.60. The third kappa shape index (κ3) is 4.37. The number of amides is 2. The van der Waals surface area contributed by atoms with Crippen LogP contribution in [0.3, 0.4) is 0 Å². The van der Waals surface area contributed by atoms with Crippen LogP contribution in [0, 0.1) is 17.3 Å². The van der Waals surface area contributed by atoms with Gasteiger partial charge in [0.2, 0.25) is 5.91 Å². The maximum atomic E-state index is 13.0. The Bertz CT molecular complexity index is 862. The zero-order chi connectivity index (χ0) is 21.5. The normalized spacial score (nSPS) is 31.3. The van der Waals surface area contributed by atoms with E-state index >= 15 is 0 Å². The second-order valence-electron chi connectivity index (χ2n) is 9.25. The van der Waals surface area contributed by atoms with Gasteiger partial charge in [0.05, 0.1) is 22.7 Å². The molecule has 6 nitrogen and oxygen atoms in total. The van der Waals surface area contributed by atoms with E-state index in [9.17, 15) is 14.4 Å². The SMILES string of the molecule is CN(CC(=O)Nc1ccccc1Cl)C(=O)COC(=O)C12CC3CC(CC(Br)(C3)C1)C2. The Kier molecular flexibility index (Phi) is 5.88. The summed E-state index contributed by atoms with van der Waals surface area (Å²) in [7, 11) is 1.51. The van der Waals surface area contributed by atoms with E-state index in [2.05, 4.69) is 21.2 Å². The van der Waals surface area contributed by atoms with Crippen LogP contribution in [0.2, 0.25) is 5.02 Å². The van der Waals surface area contributed by atoms with Gasteiger partial charge in [0.25, 0.3) is 5.91 Å². The highest BCUT2D eigenvalue weighted by Crippen LogP contribution is 2.64. The van der Waals surface area contributed by atoms with Crippen molar-refractivity contribution in [1.82, 2.24) is 4.90 Å². The topological polar surface area (TPSA) is 75.7 Å². The summed E-state index contributed by atoms with van der Waals surface area (Å²) in [5.74, 6) is 0.0846. The third-order valence-electron chi connectivity index (χ3n) is 6.70. The van der Waals surface area contributed by atoms with Gasteiger partial charge < -0.3 is 15.0 Å². The number of halogens is 2. The fourth-order valence-corrected chi connectivity index (χ4v) is 7.47. The van der Waals surface area contributed by atoms with Gasteiger partial charge in [0, 0.05) is 11.4 Å². The van der Waals surface area contributed by atoms with Crippen molar-refractivity contribution in [3.8, 4) is 0 Å². The predicted molar refractivity (Wildman–Crippen MR) is 117 cm³/mol. The molecule has 162 valence electrons. The number of ether oxygens (including phenoxy) is 1. The Balaban J connectivity index is 1.28. The first-order valence-electron chi connectivity index (χ1n) is 10.3. The van der Waals surface area contributed by atoms with E-state index in [1.54, 1.807) is 24.3 Å². The lowest BCUT2D eigenvalue weighted by atomic mass is 9.49. The van der Waals surface area contributed by atoms with E-state index in [1.165, 1.54) is 18.4 Å². The number of alkyl halides is 1. The summed E-state index contributed by atoms with van der Waals surface area (Å²) in [6.07, 6.45) is 5.96. The highest BCUT2D eigenvalue weighted by Gasteiger charge is 2.60. The largest absolute Gasteiger partial charge is 0.455 e. The molecule has 1 aromatic rings. The molecule has 4 bridgehead atoms. The van der Waals surface area contributed by atoms with Crippen LogP contribution in [-0.2, 0) is 19.1 Å². The number of rotatable bonds is 6. The number of esters is 1. The van der Waals surface area contributed by atoms with Crippen LogP contribution in [0.4, 0.5) is 5.69 Å². The minimum absolute atomic E-state index is 0.0493. The number of nitrogens with one attached hydrogen (secondary N) is 1. The molecule has 1 N–H and O–H groups in total.